The molecule has 0 unspecified atom stereocenters. The van der Waals surface area contributed by atoms with Crippen LogP contribution in [0.15, 0.2) is 0 Å². The molecule has 0 saturated carbocycles. The summed E-state index contributed by atoms with van der Waals surface area (Å²) in [6.07, 6.45) is 13.4. The molecule has 0 rings (SSSR count). The molecule has 128 valence electrons. The van der Waals surface area contributed by atoms with Gasteiger partial charge in [-0.05, 0) is 0 Å². The Bertz CT molecular complexity index is 77.2. The van der Waals surface area contributed by atoms with Crippen LogP contribution in [0.25, 0.3) is 0 Å². The first-order valence-electron chi connectivity index (χ1n) is 8.41. The number of hydrogen-bond donors (Lipinski definition) is 0. The molecule has 0 amide bonds. The van der Waals surface area contributed by atoms with E-state index in [2.05, 4.69) is 27.7 Å². The largest absolute Gasteiger partial charge is 2.00 e. The Balaban J connectivity index is -0.0000000630. The zero-order valence-electron chi connectivity index (χ0n) is 15.2. The van der Waals surface area contributed by atoms with Crippen LogP contribution in [-0.2, 0) is 25.3 Å². The molecule has 0 aliphatic carbocycles. The van der Waals surface area contributed by atoms with Gasteiger partial charge < -0.3 is 25.3 Å². The fourth-order valence-electron chi connectivity index (χ4n) is 1.41. The van der Waals surface area contributed by atoms with E-state index >= 15 is 0 Å². The van der Waals surface area contributed by atoms with E-state index in [4.69, 9.17) is 25.3 Å². The van der Waals surface area contributed by atoms with Crippen LogP contribution < -0.4 is 0 Å². The first kappa shape index (κ1) is 34.0. The fourth-order valence-corrected chi connectivity index (χ4v) is 1.82. The molecule has 0 aromatic rings. The Hall–Kier alpha value is 1.50. The zero-order chi connectivity index (χ0) is 16.5. The zero-order valence-corrected chi connectivity index (χ0v) is 19.7. The molecule has 4 radical (unpaired) electrons. The average molecular weight is 439 g/mol. The van der Waals surface area contributed by atoms with Crippen molar-refractivity contribution in [3.8, 4) is 0 Å². The molecule has 0 N–H and O–H groups in total. The molecule has 0 aliphatic heterocycles. The van der Waals surface area contributed by atoms with E-state index < -0.39 is 0 Å². The molecule has 0 saturated heterocycles. The standard InChI is InChI=1S/2C7H16S.2C2H5.Sn/c2*1-2-3-4-5-6-7-8;2*1-2;/h2*8H,2-7H2,1H3;2*1H2,2H3;/q;;;;+2/p-2. The van der Waals surface area contributed by atoms with Crippen molar-refractivity contribution in [1.82, 2.24) is 0 Å². The van der Waals surface area contributed by atoms with Crippen molar-refractivity contribution in [1.29, 1.82) is 0 Å². The molecule has 0 aromatic heterocycles. The predicted octanol–water partition coefficient (Wildman–Crippen LogP) is 6.31. The van der Waals surface area contributed by atoms with Gasteiger partial charge in [-0.15, -0.1) is 0 Å². The smallest absolute Gasteiger partial charge is 0.793 e. The van der Waals surface area contributed by atoms with Gasteiger partial charge in [-0.3, -0.25) is 0 Å². The van der Waals surface area contributed by atoms with Gasteiger partial charge in [0.2, 0.25) is 0 Å². The van der Waals surface area contributed by atoms with Crippen LogP contribution >= 0.6 is 0 Å². The minimum atomic E-state index is 0. The van der Waals surface area contributed by atoms with Crippen LogP contribution in [-0.4, -0.2) is 35.4 Å². The van der Waals surface area contributed by atoms with Gasteiger partial charge >= 0.3 is 23.9 Å². The summed E-state index contributed by atoms with van der Waals surface area (Å²) in [5.74, 6) is 1.90. The third-order valence-corrected chi connectivity index (χ3v) is 3.07. The summed E-state index contributed by atoms with van der Waals surface area (Å²) in [6.45, 7) is 14.5. The average Bonchev–Trinajstić information content (AvgIpc) is 2.53. The summed E-state index contributed by atoms with van der Waals surface area (Å²) in [6, 6.07) is 0. The van der Waals surface area contributed by atoms with Crippen molar-refractivity contribution in [3.63, 3.8) is 0 Å². The quantitative estimate of drug-likeness (QED) is 0.222. The molecule has 0 fully saturated rings. The maximum atomic E-state index is 4.80. The second kappa shape index (κ2) is 49.6. The van der Waals surface area contributed by atoms with Gasteiger partial charge in [0.05, 0.1) is 0 Å². The third kappa shape index (κ3) is 61.8. The predicted molar refractivity (Wildman–Crippen MR) is 110 cm³/mol. The minimum absolute atomic E-state index is 0. The summed E-state index contributed by atoms with van der Waals surface area (Å²) in [5, 5.41) is 0. The Morgan fingerprint density at radius 2 is 0.762 bits per heavy atom. The minimum Gasteiger partial charge on any atom is -0.793 e. The van der Waals surface area contributed by atoms with E-state index in [1.54, 1.807) is 13.8 Å². The molecular weight excluding hydrogens is 399 g/mol. The molecule has 0 aliphatic rings. The molecule has 0 heterocycles. The van der Waals surface area contributed by atoms with Crippen LogP contribution in [0.5, 0.6) is 0 Å². The second-order valence-corrected chi connectivity index (χ2v) is 5.05. The van der Waals surface area contributed by atoms with Gasteiger partial charge in [0, 0.05) is 0 Å². The summed E-state index contributed by atoms with van der Waals surface area (Å²) < 4.78 is 0. The van der Waals surface area contributed by atoms with Crippen LogP contribution in [0.3, 0.4) is 0 Å². The van der Waals surface area contributed by atoms with E-state index in [0.29, 0.717) is 0 Å². The van der Waals surface area contributed by atoms with Gasteiger partial charge in [-0.1, -0.05) is 106 Å². The second-order valence-electron chi connectivity index (χ2n) is 4.24. The maximum absolute atomic E-state index is 4.80. The Labute approximate surface area is 165 Å². The monoisotopic (exact) mass is 440 g/mol. The van der Waals surface area contributed by atoms with Crippen LogP contribution in [0.4, 0.5) is 0 Å². The number of hydrogen-bond acceptors (Lipinski definition) is 2. The SMILES string of the molecule is CCCCCCC[S-].CCCCCCC[S-].[CH2]C.[CH2]C.[Sn+2]. The van der Waals surface area contributed by atoms with E-state index in [0.717, 1.165) is 11.5 Å². The summed E-state index contributed by atoms with van der Waals surface area (Å²) in [5.41, 5.74) is 0. The van der Waals surface area contributed by atoms with Gasteiger partial charge in [0.15, 0.2) is 0 Å². The van der Waals surface area contributed by atoms with Gasteiger partial charge in [0.1, 0.15) is 0 Å². The van der Waals surface area contributed by atoms with Crippen molar-refractivity contribution in [2.75, 3.05) is 11.5 Å². The molecule has 0 atom stereocenters. The van der Waals surface area contributed by atoms with Crippen LogP contribution in [0.1, 0.15) is 91.9 Å². The maximum Gasteiger partial charge on any atom is 2.00 e. The van der Waals surface area contributed by atoms with Crippen molar-refractivity contribution in [3.05, 3.63) is 13.8 Å². The summed E-state index contributed by atoms with van der Waals surface area (Å²) in [4.78, 5) is 0. The van der Waals surface area contributed by atoms with Crippen molar-refractivity contribution in [2.24, 2.45) is 0 Å². The Morgan fingerprint density at radius 1 is 0.524 bits per heavy atom. The molecule has 0 aromatic carbocycles. The topological polar surface area (TPSA) is 0 Å². The van der Waals surface area contributed by atoms with Crippen LogP contribution in [0.2, 0.25) is 0 Å². The molecule has 0 nitrogen and oxygen atoms in total. The third-order valence-electron chi connectivity index (χ3n) is 2.50. The Kier molecular flexibility index (Phi) is 80.2. The first-order chi connectivity index (χ1) is 9.83. The van der Waals surface area contributed by atoms with E-state index in [-0.39, 0.29) is 23.9 Å². The fraction of sp³-hybridized carbons (Fsp3) is 0.889. The number of rotatable bonds is 10. The van der Waals surface area contributed by atoms with Crippen molar-refractivity contribution >= 4 is 49.2 Å². The van der Waals surface area contributed by atoms with Gasteiger partial charge in [0.25, 0.3) is 0 Å². The van der Waals surface area contributed by atoms with Crippen LogP contribution in [0, 0.1) is 13.8 Å². The normalized spacial score (nSPS) is 8.00. The summed E-state index contributed by atoms with van der Waals surface area (Å²) >= 11 is 9.60. The Morgan fingerprint density at radius 3 is 0.952 bits per heavy atom. The molecule has 0 bridgehead atoms. The van der Waals surface area contributed by atoms with E-state index in [1.165, 1.54) is 64.2 Å². The van der Waals surface area contributed by atoms with Gasteiger partial charge in [-0.2, -0.15) is 11.5 Å². The summed E-state index contributed by atoms with van der Waals surface area (Å²) in [7, 11) is 0. The molecule has 21 heavy (non-hydrogen) atoms. The van der Waals surface area contributed by atoms with E-state index in [1.807, 2.05) is 0 Å². The molecule has 0 spiro atoms. The number of unbranched alkanes of at least 4 members (excludes halogenated alkanes) is 8. The molecule has 3 heteroatoms. The first-order valence-corrected chi connectivity index (χ1v) is 9.56. The van der Waals surface area contributed by atoms with Crippen molar-refractivity contribution in [2.45, 2.75) is 91.9 Å². The van der Waals surface area contributed by atoms with E-state index in [9.17, 15) is 0 Å². The van der Waals surface area contributed by atoms with Gasteiger partial charge in [-0.25, -0.2) is 0 Å². The molecular formula is C18H40S2Sn. The van der Waals surface area contributed by atoms with Crippen molar-refractivity contribution < 1.29 is 0 Å².